The summed E-state index contributed by atoms with van der Waals surface area (Å²) < 4.78 is 14.1. The summed E-state index contributed by atoms with van der Waals surface area (Å²) >= 11 is 6.36. The molecule has 106 valence electrons. The number of nitrogens with one attached hydrogen (secondary N) is 1. The van der Waals surface area contributed by atoms with Gasteiger partial charge in [0.15, 0.2) is 5.82 Å². The number of rotatable bonds is 1. The smallest absolute Gasteiger partial charge is 0.259 e. The number of halogens is 3. The Morgan fingerprint density at radius 3 is 2.67 bits per heavy atom. The Kier molecular flexibility index (Phi) is 3.50. The molecule has 21 heavy (non-hydrogen) atoms. The number of nitrogens with zero attached hydrogens (tertiary/aromatic N) is 2. The molecule has 0 amide bonds. The lowest BCUT2D eigenvalue weighted by molar-refractivity contribution is 0.469. The van der Waals surface area contributed by atoms with Gasteiger partial charge in [-0.15, -0.1) is 0 Å². The maximum Gasteiger partial charge on any atom is 0.259 e. The molecule has 0 atom stereocenters. The van der Waals surface area contributed by atoms with Gasteiger partial charge in [-0.3, -0.25) is 4.79 Å². The number of hydrogen-bond donors (Lipinski definition) is 2. The first-order valence-electron chi connectivity index (χ1n) is 5.69. The Bertz CT molecular complexity index is 927. The molecule has 0 aliphatic carbocycles. The van der Waals surface area contributed by atoms with Crippen molar-refractivity contribution in [3.63, 3.8) is 0 Å². The molecular formula is C13H6Br2FN3O2. The van der Waals surface area contributed by atoms with Crippen LogP contribution in [0.5, 0.6) is 5.75 Å². The molecule has 0 saturated heterocycles. The largest absolute Gasteiger partial charge is 0.505 e. The molecule has 2 heterocycles. The molecule has 1 aromatic carbocycles. The molecule has 0 spiro atoms. The minimum absolute atomic E-state index is 0.0230. The third-order valence-electron chi connectivity index (χ3n) is 2.81. The molecule has 2 N–H and O–H groups in total. The summed E-state index contributed by atoms with van der Waals surface area (Å²) in [6, 6.07) is 3.88. The van der Waals surface area contributed by atoms with E-state index in [1.807, 2.05) is 0 Å². The lowest BCUT2D eigenvalue weighted by Crippen LogP contribution is -2.10. The van der Waals surface area contributed by atoms with Crippen molar-refractivity contribution in [1.82, 2.24) is 15.0 Å². The van der Waals surface area contributed by atoms with E-state index in [2.05, 4.69) is 46.8 Å². The first kappa shape index (κ1) is 14.2. The van der Waals surface area contributed by atoms with Gasteiger partial charge in [0.05, 0.1) is 21.6 Å². The Morgan fingerprint density at radius 1 is 1.19 bits per heavy atom. The van der Waals surface area contributed by atoms with Gasteiger partial charge >= 0.3 is 0 Å². The number of aromatic nitrogens is 3. The molecule has 3 rings (SSSR count). The van der Waals surface area contributed by atoms with Crippen LogP contribution in [-0.2, 0) is 0 Å². The van der Waals surface area contributed by atoms with Gasteiger partial charge in [0.1, 0.15) is 17.3 Å². The Balaban J connectivity index is 2.30. The summed E-state index contributed by atoms with van der Waals surface area (Å²) in [4.78, 5) is 22.9. The molecule has 0 radical (unpaired) electrons. The normalized spacial score (nSPS) is 11.0. The maximum absolute atomic E-state index is 13.3. The first-order chi connectivity index (χ1) is 9.95. The van der Waals surface area contributed by atoms with Gasteiger partial charge in [0.2, 0.25) is 0 Å². The zero-order chi connectivity index (χ0) is 15.1. The fourth-order valence-electron chi connectivity index (χ4n) is 1.84. The van der Waals surface area contributed by atoms with Crippen molar-refractivity contribution in [2.75, 3.05) is 0 Å². The van der Waals surface area contributed by atoms with Gasteiger partial charge in [0.25, 0.3) is 5.56 Å². The van der Waals surface area contributed by atoms with Crippen molar-refractivity contribution in [3.8, 4) is 17.3 Å². The number of aromatic hydroxyl groups is 1. The van der Waals surface area contributed by atoms with Crippen LogP contribution in [0.1, 0.15) is 0 Å². The number of fused-ring (bicyclic) bond motifs is 1. The molecule has 5 nitrogen and oxygen atoms in total. The van der Waals surface area contributed by atoms with Crippen molar-refractivity contribution in [2.24, 2.45) is 0 Å². The molecule has 0 saturated carbocycles. The Morgan fingerprint density at radius 2 is 1.95 bits per heavy atom. The predicted molar refractivity (Wildman–Crippen MR) is 82.6 cm³/mol. The zero-order valence-electron chi connectivity index (χ0n) is 10.2. The highest BCUT2D eigenvalue weighted by molar-refractivity contribution is 9.11. The number of H-pyrrole nitrogens is 1. The molecule has 3 aromatic rings. The lowest BCUT2D eigenvalue weighted by atomic mass is 10.2. The molecule has 0 aliphatic rings. The van der Waals surface area contributed by atoms with Crippen LogP contribution >= 0.6 is 31.9 Å². The van der Waals surface area contributed by atoms with Crippen LogP contribution in [0.2, 0.25) is 0 Å². The Labute approximate surface area is 134 Å². The highest BCUT2D eigenvalue weighted by atomic mass is 79.9. The van der Waals surface area contributed by atoms with Crippen LogP contribution in [-0.4, -0.2) is 20.1 Å². The van der Waals surface area contributed by atoms with Gasteiger partial charge in [-0.1, -0.05) is 0 Å². The minimum atomic E-state index is -0.528. The summed E-state index contributed by atoms with van der Waals surface area (Å²) in [6.45, 7) is 0. The molecule has 2 aromatic heterocycles. The second-order valence-corrected chi connectivity index (χ2v) is 5.93. The molecule has 0 aliphatic heterocycles. The summed E-state index contributed by atoms with van der Waals surface area (Å²) in [7, 11) is 0. The van der Waals surface area contributed by atoms with E-state index in [0.29, 0.717) is 20.2 Å². The summed E-state index contributed by atoms with van der Waals surface area (Å²) in [6.07, 6.45) is 1.24. The number of pyridine rings is 1. The fourth-order valence-corrected chi connectivity index (χ4v) is 2.68. The van der Waals surface area contributed by atoms with E-state index in [1.54, 1.807) is 0 Å². The maximum atomic E-state index is 13.3. The molecule has 0 fully saturated rings. The van der Waals surface area contributed by atoms with Crippen molar-refractivity contribution < 1.29 is 9.50 Å². The average molecular weight is 415 g/mol. The quantitative estimate of drug-likeness (QED) is 0.639. The van der Waals surface area contributed by atoms with Crippen LogP contribution < -0.4 is 5.56 Å². The van der Waals surface area contributed by atoms with E-state index in [-0.39, 0.29) is 17.0 Å². The first-order valence-corrected chi connectivity index (χ1v) is 7.28. The highest BCUT2D eigenvalue weighted by Gasteiger charge is 2.12. The van der Waals surface area contributed by atoms with Crippen molar-refractivity contribution >= 4 is 42.8 Å². The molecule has 0 bridgehead atoms. The van der Waals surface area contributed by atoms with Gasteiger partial charge in [-0.05, 0) is 50.1 Å². The van der Waals surface area contributed by atoms with E-state index < -0.39 is 11.4 Å². The third-order valence-corrected chi connectivity index (χ3v) is 4.04. The monoisotopic (exact) mass is 413 g/mol. The highest BCUT2D eigenvalue weighted by Crippen LogP contribution is 2.27. The van der Waals surface area contributed by atoms with E-state index in [9.17, 15) is 14.3 Å². The second kappa shape index (κ2) is 5.19. The summed E-state index contributed by atoms with van der Waals surface area (Å²) in [5.74, 6) is -0.328. The average Bonchev–Trinajstić information content (AvgIpc) is 2.43. The van der Waals surface area contributed by atoms with Crippen molar-refractivity contribution in [1.29, 1.82) is 0 Å². The second-order valence-electron chi connectivity index (χ2n) is 4.22. The fraction of sp³-hybridized carbons (Fsp3) is 0. The van der Waals surface area contributed by atoms with E-state index in [0.717, 1.165) is 6.07 Å². The zero-order valence-corrected chi connectivity index (χ0v) is 13.4. The van der Waals surface area contributed by atoms with Crippen LogP contribution in [0.3, 0.4) is 0 Å². The SMILES string of the molecule is O=c1[nH]c(-c2cc(Br)c(O)cn2)nc2c(Br)cc(F)cc12. The Hall–Kier alpha value is -1.80. The van der Waals surface area contributed by atoms with Crippen LogP contribution in [0.25, 0.3) is 22.4 Å². The van der Waals surface area contributed by atoms with Crippen LogP contribution in [0.15, 0.2) is 38.1 Å². The van der Waals surface area contributed by atoms with E-state index >= 15 is 0 Å². The number of hydrogen-bond acceptors (Lipinski definition) is 4. The third kappa shape index (κ3) is 2.56. The van der Waals surface area contributed by atoms with E-state index in [4.69, 9.17) is 0 Å². The van der Waals surface area contributed by atoms with Gasteiger partial charge in [0, 0.05) is 4.47 Å². The standard InChI is InChI=1S/C13H6Br2FN3O2/c14-7-3-9(17-4-10(7)20)12-18-11-6(13(21)19-12)1-5(16)2-8(11)15/h1-4,20H,(H,18,19,21). The van der Waals surface area contributed by atoms with Crippen molar-refractivity contribution in [2.45, 2.75) is 0 Å². The molecular weight excluding hydrogens is 409 g/mol. The van der Waals surface area contributed by atoms with Crippen molar-refractivity contribution in [3.05, 3.63) is 49.5 Å². The van der Waals surface area contributed by atoms with Gasteiger partial charge < -0.3 is 10.1 Å². The molecule has 8 heteroatoms. The van der Waals surface area contributed by atoms with Gasteiger partial charge in [-0.25, -0.2) is 14.4 Å². The summed E-state index contributed by atoms with van der Waals surface area (Å²) in [5.41, 5.74) is 0.234. The lowest BCUT2D eigenvalue weighted by Gasteiger charge is -2.05. The van der Waals surface area contributed by atoms with Gasteiger partial charge in [-0.2, -0.15) is 0 Å². The van der Waals surface area contributed by atoms with E-state index in [1.165, 1.54) is 18.3 Å². The number of aromatic amines is 1. The van der Waals surface area contributed by atoms with Crippen LogP contribution in [0.4, 0.5) is 4.39 Å². The topological polar surface area (TPSA) is 78.9 Å². The number of benzene rings is 1. The summed E-state index contributed by atoms with van der Waals surface area (Å²) in [5, 5.41) is 9.58. The molecule has 0 unspecified atom stereocenters. The van der Waals surface area contributed by atoms with Crippen LogP contribution in [0, 0.1) is 5.82 Å². The minimum Gasteiger partial charge on any atom is -0.505 e. The predicted octanol–water partition coefficient (Wildman–Crippen LogP) is 3.35.